The van der Waals surface area contributed by atoms with Crippen molar-refractivity contribution < 1.29 is 19.4 Å². The number of aliphatic hydroxyl groups excluding tert-OH is 1. The van der Waals surface area contributed by atoms with Gasteiger partial charge in [0.1, 0.15) is 12.6 Å². The van der Waals surface area contributed by atoms with Crippen LogP contribution in [-0.2, 0) is 9.53 Å². The summed E-state index contributed by atoms with van der Waals surface area (Å²) in [6.07, 6.45) is -0.547. The number of morpholine rings is 1. The standard InChI is InChI=1S/C17H22ClN3O4/c1-19-6-7-20(17(19)24)10-15(23)21-8-9-25-14(11-22)16(21)12-4-2-3-5-13(12)18/h2-5,14,16,22H,6-11H2,1H3/t14-,16-/m0/s1. The topological polar surface area (TPSA) is 73.3 Å². The summed E-state index contributed by atoms with van der Waals surface area (Å²) in [7, 11) is 1.72. The van der Waals surface area contributed by atoms with Crippen LogP contribution in [0.5, 0.6) is 0 Å². The van der Waals surface area contributed by atoms with Crippen molar-refractivity contribution >= 4 is 23.5 Å². The molecule has 1 aromatic carbocycles. The van der Waals surface area contributed by atoms with E-state index in [4.69, 9.17) is 16.3 Å². The number of rotatable bonds is 4. The molecule has 1 aromatic rings. The molecule has 0 aromatic heterocycles. The van der Waals surface area contributed by atoms with Crippen LogP contribution >= 0.6 is 11.6 Å². The van der Waals surface area contributed by atoms with Gasteiger partial charge in [-0.15, -0.1) is 0 Å². The fourth-order valence-corrected chi connectivity index (χ4v) is 3.60. The highest BCUT2D eigenvalue weighted by atomic mass is 35.5. The molecule has 2 heterocycles. The van der Waals surface area contributed by atoms with Crippen LogP contribution in [0.4, 0.5) is 4.79 Å². The van der Waals surface area contributed by atoms with Crippen LogP contribution < -0.4 is 0 Å². The van der Waals surface area contributed by atoms with Gasteiger partial charge in [-0.05, 0) is 11.6 Å². The Morgan fingerprint density at radius 2 is 2.08 bits per heavy atom. The number of aliphatic hydroxyl groups is 1. The number of benzene rings is 1. The fourth-order valence-electron chi connectivity index (χ4n) is 3.35. The van der Waals surface area contributed by atoms with Crippen LogP contribution in [-0.4, -0.2) is 84.3 Å². The smallest absolute Gasteiger partial charge is 0.320 e. The van der Waals surface area contributed by atoms with Gasteiger partial charge in [-0.25, -0.2) is 4.79 Å². The van der Waals surface area contributed by atoms with E-state index < -0.39 is 12.1 Å². The Kier molecular flexibility index (Phi) is 5.46. The van der Waals surface area contributed by atoms with Gasteiger partial charge in [0.15, 0.2) is 0 Å². The molecule has 2 saturated heterocycles. The van der Waals surface area contributed by atoms with Gasteiger partial charge in [-0.3, -0.25) is 4.79 Å². The quantitative estimate of drug-likeness (QED) is 0.860. The first-order valence-electron chi connectivity index (χ1n) is 8.29. The van der Waals surface area contributed by atoms with Gasteiger partial charge < -0.3 is 24.5 Å². The highest BCUT2D eigenvalue weighted by molar-refractivity contribution is 6.31. The molecular formula is C17H22ClN3O4. The monoisotopic (exact) mass is 367 g/mol. The summed E-state index contributed by atoms with van der Waals surface area (Å²) in [6, 6.07) is 6.62. The lowest BCUT2D eigenvalue weighted by atomic mass is 9.98. The minimum Gasteiger partial charge on any atom is -0.394 e. The van der Waals surface area contributed by atoms with Crippen LogP contribution in [0.3, 0.4) is 0 Å². The zero-order chi connectivity index (χ0) is 18.0. The fraction of sp³-hybridized carbons (Fsp3) is 0.529. The first-order chi connectivity index (χ1) is 12.0. The van der Waals surface area contributed by atoms with E-state index >= 15 is 0 Å². The van der Waals surface area contributed by atoms with Crippen molar-refractivity contribution in [3.8, 4) is 0 Å². The minimum atomic E-state index is -0.547. The van der Waals surface area contributed by atoms with Crippen molar-refractivity contribution in [3.05, 3.63) is 34.9 Å². The maximum absolute atomic E-state index is 12.9. The lowest BCUT2D eigenvalue weighted by Gasteiger charge is -2.41. The van der Waals surface area contributed by atoms with Gasteiger partial charge in [0, 0.05) is 31.7 Å². The predicted molar refractivity (Wildman–Crippen MR) is 92.3 cm³/mol. The first-order valence-corrected chi connectivity index (χ1v) is 8.67. The van der Waals surface area contributed by atoms with E-state index in [1.165, 1.54) is 4.90 Å². The van der Waals surface area contributed by atoms with Crippen molar-refractivity contribution in [3.63, 3.8) is 0 Å². The molecule has 7 nitrogen and oxygen atoms in total. The number of nitrogens with zero attached hydrogens (tertiary/aromatic N) is 3. The van der Waals surface area contributed by atoms with Crippen LogP contribution in [0.15, 0.2) is 24.3 Å². The molecule has 8 heteroatoms. The zero-order valence-electron chi connectivity index (χ0n) is 14.1. The highest BCUT2D eigenvalue weighted by Gasteiger charge is 2.38. The lowest BCUT2D eigenvalue weighted by Crippen LogP contribution is -2.52. The highest BCUT2D eigenvalue weighted by Crippen LogP contribution is 2.34. The molecule has 0 radical (unpaired) electrons. The molecule has 3 amide bonds. The van der Waals surface area contributed by atoms with E-state index in [-0.39, 0.29) is 25.1 Å². The Morgan fingerprint density at radius 1 is 1.32 bits per heavy atom. The largest absolute Gasteiger partial charge is 0.394 e. The molecule has 0 unspecified atom stereocenters. The molecule has 25 heavy (non-hydrogen) atoms. The van der Waals surface area contributed by atoms with Gasteiger partial charge >= 0.3 is 6.03 Å². The van der Waals surface area contributed by atoms with Crippen LogP contribution in [0.1, 0.15) is 11.6 Å². The van der Waals surface area contributed by atoms with Gasteiger partial charge in [-0.2, -0.15) is 0 Å². The van der Waals surface area contributed by atoms with Crippen molar-refractivity contribution in [2.24, 2.45) is 0 Å². The summed E-state index contributed by atoms with van der Waals surface area (Å²) >= 11 is 6.32. The number of carbonyl (C=O) groups is 2. The number of likely N-dealkylation sites (N-methyl/N-ethyl adjacent to an activating group) is 1. The summed E-state index contributed by atoms with van der Waals surface area (Å²) in [5, 5.41) is 10.2. The second kappa shape index (κ2) is 7.59. The second-order valence-electron chi connectivity index (χ2n) is 6.27. The number of hydrogen-bond donors (Lipinski definition) is 1. The summed E-state index contributed by atoms with van der Waals surface area (Å²) in [6.45, 7) is 1.68. The number of ether oxygens (including phenoxy) is 1. The number of amides is 3. The number of carbonyl (C=O) groups excluding carboxylic acids is 2. The molecule has 0 saturated carbocycles. The van der Waals surface area contributed by atoms with Crippen LogP contribution in [0.25, 0.3) is 0 Å². The number of hydrogen-bond acceptors (Lipinski definition) is 4. The number of halogens is 1. The average molecular weight is 368 g/mol. The van der Waals surface area contributed by atoms with Gasteiger partial charge in [-0.1, -0.05) is 29.8 Å². The maximum atomic E-state index is 12.9. The Morgan fingerprint density at radius 3 is 2.72 bits per heavy atom. The third-order valence-electron chi connectivity index (χ3n) is 4.70. The predicted octanol–water partition coefficient (Wildman–Crippen LogP) is 0.968. The Balaban J connectivity index is 1.83. The van der Waals surface area contributed by atoms with Crippen molar-refractivity contribution in [1.29, 1.82) is 0 Å². The molecule has 2 aliphatic rings. The Bertz CT molecular complexity index is 657. The second-order valence-corrected chi connectivity index (χ2v) is 6.68. The molecule has 0 bridgehead atoms. The summed E-state index contributed by atoms with van der Waals surface area (Å²) in [4.78, 5) is 29.7. The molecule has 1 N–H and O–H groups in total. The normalized spacial score (nSPS) is 24.1. The minimum absolute atomic E-state index is 0.0161. The average Bonchev–Trinajstić information content (AvgIpc) is 2.93. The molecular weight excluding hydrogens is 346 g/mol. The van der Waals surface area contributed by atoms with E-state index in [0.29, 0.717) is 31.3 Å². The van der Waals surface area contributed by atoms with Crippen LogP contribution in [0.2, 0.25) is 5.02 Å². The Labute approximate surface area is 151 Å². The summed E-state index contributed by atoms with van der Waals surface area (Å²) in [5.41, 5.74) is 0.737. The van der Waals surface area contributed by atoms with Gasteiger partial charge in [0.25, 0.3) is 0 Å². The molecule has 0 spiro atoms. The van der Waals surface area contributed by atoms with Crippen molar-refractivity contribution in [1.82, 2.24) is 14.7 Å². The first kappa shape index (κ1) is 18.0. The molecule has 0 aliphatic carbocycles. The van der Waals surface area contributed by atoms with Crippen LogP contribution in [0, 0.1) is 0 Å². The molecule has 136 valence electrons. The van der Waals surface area contributed by atoms with E-state index in [2.05, 4.69) is 0 Å². The lowest BCUT2D eigenvalue weighted by molar-refractivity contribution is -0.150. The SMILES string of the molecule is CN1CCN(CC(=O)N2CCO[C@@H](CO)[C@@H]2c2ccccc2Cl)C1=O. The molecule has 2 aliphatic heterocycles. The summed E-state index contributed by atoms with van der Waals surface area (Å²) in [5.74, 6) is -0.171. The van der Waals surface area contributed by atoms with E-state index in [0.717, 1.165) is 5.56 Å². The summed E-state index contributed by atoms with van der Waals surface area (Å²) < 4.78 is 5.65. The molecule has 2 fully saturated rings. The Hall–Kier alpha value is -1.83. The van der Waals surface area contributed by atoms with E-state index in [1.54, 1.807) is 22.9 Å². The van der Waals surface area contributed by atoms with Gasteiger partial charge in [0.05, 0.1) is 19.3 Å². The molecule has 2 atom stereocenters. The third-order valence-corrected chi connectivity index (χ3v) is 5.05. The van der Waals surface area contributed by atoms with Crippen molar-refractivity contribution in [2.75, 3.05) is 46.4 Å². The van der Waals surface area contributed by atoms with Gasteiger partial charge in [0.2, 0.25) is 5.91 Å². The molecule has 3 rings (SSSR count). The van der Waals surface area contributed by atoms with E-state index in [1.807, 2.05) is 18.2 Å². The number of urea groups is 1. The maximum Gasteiger partial charge on any atom is 0.320 e. The third kappa shape index (κ3) is 3.58. The van der Waals surface area contributed by atoms with Crippen molar-refractivity contribution in [2.45, 2.75) is 12.1 Å². The zero-order valence-corrected chi connectivity index (χ0v) is 14.9. The van der Waals surface area contributed by atoms with E-state index in [9.17, 15) is 14.7 Å².